The third-order valence-electron chi connectivity index (χ3n) is 8.04. The lowest BCUT2D eigenvalue weighted by Gasteiger charge is -2.33. The Balaban J connectivity index is 1.11. The van der Waals surface area contributed by atoms with Crippen molar-refractivity contribution < 1.29 is 23.7 Å². The summed E-state index contributed by atoms with van der Waals surface area (Å²) in [6.45, 7) is 5.20. The van der Waals surface area contributed by atoms with Gasteiger partial charge < -0.3 is 23.5 Å². The molecule has 0 unspecified atom stereocenters. The van der Waals surface area contributed by atoms with Crippen LogP contribution in [0.15, 0.2) is 54.7 Å². The number of hydrogen-bond donors (Lipinski definition) is 0. The van der Waals surface area contributed by atoms with Crippen LogP contribution in [0.4, 0.5) is 0 Å². The van der Waals surface area contributed by atoms with Gasteiger partial charge in [-0.15, -0.1) is 0 Å². The van der Waals surface area contributed by atoms with Crippen LogP contribution in [0.25, 0.3) is 11.0 Å². The van der Waals surface area contributed by atoms with Crippen LogP contribution >= 0.6 is 0 Å². The second-order valence-corrected chi connectivity index (χ2v) is 10.8. The lowest BCUT2D eigenvalue weighted by atomic mass is 10.0. The molecular formula is C31H37N5O5. The summed E-state index contributed by atoms with van der Waals surface area (Å²) in [7, 11) is 3.10. The lowest BCUT2D eigenvalue weighted by Crippen LogP contribution is -2.36. The largest absolute Gasteiger partial charge is 0.487 e. The molecule has 2 aromatic carbocycles. The number of piperidine rings is 1. The minimum atomic E-state index is -0.342. The second kappa shape index (κ2) is 12.4. The molecule has 10 nitrogen and oxygen atoms in total. The molecule has 0 spiro atoms. The van der Waals surface area contributed by atoms with E-state index in [2.05, 4.69) is 19.2 Å². The van der Waals surface area contributed by atoms with Crippen LogP contribution in [0.2, 0.25) is 0 Å². The Morgan fingerprint density at radius 1 is 1.05 bits per heavy atom. The van der Waals surface area contributed by atoms with Crippen molar-refractivity contribution in [2.75, 3.05) is 33.9 Å². The highest BCUT2D eigenvalue weighted by Gasteiger charge is 2.26. The predicted octanol–water partition coefficient (Wildman–Crippen LogP) is 4.37. The van der Waals surface area contributed by atoms with Crippen molar-refractivity contribution in [3.63, 3.8) is 0 Å². The Morgan fingerprint density at radius 3 is 2.66 bits per heavy atom. The molecule has 216 valence electrons. The zero-order valence-electron chi connectivity index (χ0n) is 23.7. The lowest BCUT2D eigenvalue weighted by molar-refractivity contribution is -0.0592. The fourth-order valence-corrected chi connectivity index (χ4v) is 5.73. The highest BCUT2D eigenvalue weighted by Crippen LogP contribution is 2.28. The maximum absolute atomic E-state index is 12.2. The molecule has 0 N–H and O–H groups in total. The zero-order chi connectivity index (χ0) is 28.2. The van der Waals surface area contributed by atoms with Gasteiger partial charge in [-0.3, -0.25) is 9.58 Å². The van der Waals surface area contributed by atoms with Crippen LogP contribution in [-0.2, 0) is 40.5 Å². The normalized spacial score (nSPS) is 18.0. The van der Waals surface area contributed by atoms with E-state index in [9.17, 15) is 4.79 Å². The van der Waals surface area contributed by atoms with Gasteiger partial charge in [0.25, 0.3) is 0 Å². The van der Waals surface area contributed by atoms with Crippen LogP contribution < -0.4 is 4.74 Å². The smallest absolute Gasteiger partial charge is 0.337 e. The zero-order valence-corrected chi connectivity index (χ0v) is 23.7. The summed E-state index contributed by atoms with van der Waals surface area (Å²) in [4.78, 5) is 19.6. The molecule has 2 aromatic heterocycles. The van der Waals surface area contributed by atoms with Crippen molar-refractivity contribution in [2.45, 2.75) is 57.7 Å². The van der Waals surface area contributed by atoms with Crippen LogP contribution in [0.5, 0.6) is 5.75 Å². The quantitative estimate of drug-likeness (QED) is 0.250. The molecule has 0 saturated carbocycles. The average Bonchev–Trinajstić information content (AvgIpc) is 3.58. The molecule has 1 atom stereocenters. The number of methoxy groups -OCH3 is 2. The molecule has 6 rings (SSSR count). The fourth-order valence-electron chi connectivity index (χ4n) is 5.73. The number of likely N-dealkylation sites (tertiary alicyclic amines) is 1. The van der Waals surface area contributed by atoms with E-state index in [1.54, 1.807) is 13.2 Å². The van der Waals surface area contributed by atoms with Gasteiger partial charge in [-0.2, -0.15) is 5.10 Å². The third kappa shape index (κ3) is 6.14. The molecule has 10 heteroatoms. The summed E-state index contributed by atoms with van der Waals surface area (Å²) in [6, 6.07) is 15.9. The van der Waals surface area contributed by atoms with E-state index in [-0.39, 0.29) is 12.1 Å². The Morgan fingerprint density at radius 2 is 1.90 bits per heavy atom. The van der Waals surface area contributed by atoms with Gasteiger partial charge in [0.1, 0.15) is 18.2 Å². The number of carbonyl (C=O) groups excluding carboxylic acids is 1. The predicted molar refractivity (Wildman–Crippen MR) is 153 cm³/mol. The van der Waals surface area contributed by atoms with Crippen LogP contribution in [0.3, 0.4) is 0 Å². The van der Waals surface area contributed by atoms with Gasteiger partial charge in [-0.25, -0.2) is 9.78 Å². The van der Waals surface area contributed by atoms with Crippen LogP contribution in [0, 0.1) is 0 Å². The number of esters is 1. The minimum absolute atomic E-state index is 0.182. The van der Waals surface area contributed by atoms with Gasteiger partial charge in [-0.1, -0.05) is 12.1 Å². The molecule has 0 amide bonds. The van der Waals surface area contributed by atoms with E-state index in [4.69, 9.17) is 23.9 Å². The molecule has 41 heavy (non-hydrogen) atoms. The fraction of sp³-hybridized carbons (Fsp3) is 0.452. The summed E-state index contributed by atoms with van der Waals surface area (Å²) in [5.41, 5.74) is 4.52. The van der Waals surface area contributed by atoms with Crippen molar-refractivity contribution in [1.82, 2.24) is 24.2 Å². The van der Waals surface area contributed by atoms with Crippen molar-refractivity contribution in [2.24, 2.45) is 0 Å². The molecule has 2 fully saturated rings. The summed E-state index contributed by atoms with van der Waals surface area (Å²) in [5, 5.41) is 4.66. The standard InChI is InChI=1S/C31H37N5O5/c1-38-20-22-4-3-5-26(16-22)41-21-25-8-12-32-36(25)24-9-13-34(14-10-24)19-30-33-28-7-6-23(31(37)39-2)17-29(28)35(30)18-27-11-15-40-27/h3-8,12,16-17,24,27H,9-11,13-15,18-21H2,1-2H3/t27-/m0/s1. The van der Waals surface area contributed by atoms with E-state index in [0.29, 0.717) is 24.8 Å². The van der Waals surface area contributed by atoms with Gasteiger partial charge in [0.15, 0.2) is 0 Å². The Labute approximate surface area is 239 Å². The SMILES string of the molecule is COCc1cccc(OCc2ccnn2C2CCN(Cc3nc4ccc(C(=O)OC)cc4n3C[C@@H]3CCO3)CC2)c1. The van der Waals surface area contributed by atoms with E-state index >= 15 is 0 Å². The number of nitrogens with zero attached hydrogens (tertiary/aromatic N) is 5. The van der Waals surface area contributed by atoms with Gasteiger partial charge in [0, 0.05) is 33.0 Å². The van der Waals surface area contributed by atoms with Gasteiger partial charge in [0.2, 0.25) is 0 Å². The number of hydrogen-bond acceptors (Lipinski definition) is 8. The van der Waals surface area contributed by atoms with Crippen LogP contribution in [-0.4, -0.2) is 70.2 Å². The first kappa shape index (κ1) is 27.4. The highest BCUT2D eigenvalue weighted by atomic mass is 16.5. The summed E-state index contributed by atoms with van der Waals surface area (Å²) >= 11 is 0. The van der Waals surface area contributed by atoms with Gasteiger partial charge >= 0.3 is 5.97 Å². The molecule has 0 bridgehead atoms. The Kier molecular flexibility index (Phi) is 8.31. The number of benzene rings is 2. The molecule has 0 aliphatic carbocycles. The number of ether oxygens (including phenoxy) is 4. The molecule has 4 heterocycles. The molecule has 0 radical (unpaired) electrons. The van der Waals surface area contributed by atoms with Crippen molar-refractivity contribution in [1.29, 1.82) is 0 Å². The highest BCUT2D eigenvalue weighted by molar-refractivity contribution is 5.93. The summed E-state index contributed by atoms with van der Waals surface area (Å²) in [6.07, 6.45) is 5.07. The van der Waals surface area contributed by atoms with Gasteiger partial charge in [0.05, 0.1) is 61.2 Å². The van der Waals surface area contributed by atoms with Crippen molar-refractivity contribution >= 4 is 17.0 Å². The topological polar surface area (TPSA) is 92.9 Å². The maximum atomic E-state index is 12.2. The second-order valence-electron chi connectivity index (χ2n) is 10.8. The first-order valence-electron chi connectivity index (χ1n) is 14.3. The average molecular weight is 560 g/mol. The van der Waals surface area contributed by atoms with E-state index in [1.807, 2.05) is 48.7 Å². The van der Waals surface area contributed by atoms with E-state index in [0.717, 1.165) is 85.9 Å². The molecule has 2 aliphatic rings. The monoisotopic (exact) mass is 559 g/mol. The molecular weight excluding hydrogens is 522 g/mol. The Hall–Kier alpha value is -3.73. The van der Waals surface area contributed by atoms with Crippen molar-refractivity contribution in [3.05, 3.63) is 77.4 Å². The maximum Gasteiger partial charge on any atom is 0.337 e. The Bertz CT molecular complexity index is 1490. The minimum Gasteiger partial charge on any atom is -0.487 e. The van der Waals surface area contributed by atoms with Gasteiger partial charge in [-0.05, 0) is 61.2 Å². The number of fused-ring (bicyclic) bond motifs is 1. The molecule has 2 saturated heterocycles. The van der Waals surface area contributed by atoms with Crippen LogP contribution in [0.1, 0.15) is 52.7 Å². The first-order valence-corrected chi connectivity index (χ1v) is 14.3. The number of aromatic nitrogens is 4. The van der Waals surface area contributed by atoms with Crippen molar-refractivity contribution in [3.8, 4) is 5.75 Å². The summed E-state index contributed by atoms with van der Waals surface area (Å²) in [5.74, 6) is 1.49. The molecule has 4 aromatic rings. The third-order valence-corrected chi connectivity index (χ3v) is 8.04. The summed E-state index contributed by atoms with van der Waals surface area (Å²) < 4.78 is 26.4. The molecule has 2 aliphatic heterocycles. The number of imidazole rings is 1. The van der Waals surface area contributed by atoms with E-state index < -0.39 is 0 Å². The first-order chi connectivity index (χ1) is 20.1. The van der Waals surface area contributed by atoms with E-state index in [1.165, 1.54) is 7.11 Å². The number of rotatable bonds is 11. The number of carbonyl (C=O) groups is 1.